The van der Waals surface area contributed by atoms with Gasteiger partial charge in [-0.05, 0) is 19.9 Å². The van der Waals surface area contributed by atoms with Gasteiger partial charge in [0.2, 0.25) is 0 Å². The minimum Gasteiger partial charge on any atom is -0.373 e. The highest BCUT2D eigenvalue weighted by atomic mass is 16.5. The Bertz CT molecular complexity index is 348. The van der Waals surface area contributed by atoms with E-state index in [4.69, 9.17) is 4.74 Å². The van der Waals surface area contributed by atoms with Crippen molar-refractivity contribution in [3.8, 4) is 0 Å². The summed E-state index contributed by atoms with van der Waals surface area (Å²) in [5, 5.41) is 7.73. The van der Waals surface area contributed by atoms with Gasteiger partial charge in [0.1, 0.15) is 0 Å². The molecule has 2 atom stereocenters. The van der Waals surface area contributed by atoms with E-state index in [0.29, 0.717) is 5.92 Å². The summed E-state index contributed by atoms with van der Waals surface area (Å²) in [5.74, 6) is 0.583. The van der Waals surface area contributed by atoms with Gasteiger partial charge >= 0.3 is 0 Å². The van der Waals surface area contributed by atoms with Crippen molar-refractivity contribution in [3.63, 3.8) is 0 Å². The number of hydrogen-bond acceptors (Lipinski definition) is 3. The van der Waals surface area contributed by atoms with Crippen LogP contribution < -0.4 is 5.32 Å². The fourth-order valence-electron chi connectivity index (χ4n) is 2.51. The van der Waals surface area contributed by atoms with E-state index >= 15 is 0 Å². The van der Waals surface area contributed by atoms with E-state index in [1.54, 1.807) is 0 Å². The molecule has 0 saturated carbocycles. The van der Waals surface area contributed by atoms with Crippen LogP contribution in [0.1, 0.15) is 30.7 Å². The summed E-state index contributed by atoms with van der Waals surface area (Å²) in [5.41, 5.74) is 2.46. The first-order chi connectivity index (χ1) is 7.76. The minimum atomic E-state index is 0.232. The highest BCUT2D eigenvalue weighted by Gasteiger charge is 2.31. The van der Waals surface area contributed by atoms with Gasteiger partial charge in [-0.15, -0.1) is 0 Å². The molecule has 2 rings (SSSR count). The second kappa shape index (κ2) is 4.97. The summed E-state index contributed by atoms with van der Waals surface area (Å²) in [6, 6.07) is 0. The van der Waals surface area contributed by atoms with Gasteiger partial charge in [0.15, 0.2) is 0 Å². The van der Waals surface area contributed by atoms with E-state index < -0.39 is 0 Å². The first-order valence-corrected chi connectivity index (χ1v) is 6.04. The van der Waals surface area contributed by atoms with Crippen molar-refractivity contribution in [2.45, 2.75) is 25.9 Å². The third-order valence-corrected chi connectivity index (χ3v) is 3.26. The molecule has 2 unspecified atom stereocenters. The number of ether oxygens (including phenoxy) is 1. The van der Waals surface area contributed by atoms with Crippen molar-refractivity contribution in [2.75, 3.05) is 20.2 Å². The lowest BCUT2D eigenvalue weighted by Gasteiger charge is -2.17. The number of rotatable bonds is 4. The molecule has 0 bridgehead atoms. The number of aryl methyl sites for hydroxylation is 2. The van der Waals surface area contributed by atoms with Crippen LogP contribution in [0, 0.1) is 5.92 Å². The van der Waals surface area contributed by atoms with Crippen LogP contribution in [0.5, 0.6) is 0 Å². The van der Waals surface area contributed by atoms with Crippen molar-refractivity contribution in [3.05, 3.63) is 17.5 Å². The SMILES string of the molecule is CCc1nn(C)cc1C1OCCC1CNC. The van der Waals surface area contributed by atoms with Crippen molar-refractivity contribution in [1.29, 1.82) is 0 Å². The molecule has 1 fully saturated rings. The molecular formula is C12H21N3O. The van der Waals surface area contributed by atoms with Crippen molar-refractivity contribution in [1.82, 2.24) is 15.1 Å². The Morgan fingerprint density at radius 3 is 3.12 bits per heavy atom. The predicted molar refractivity (Wildman–Crippen MR) is 63.3 cm³/mol. The minimum absolute atomic E-state index is 0.232. The average Bonchev–Trinajstić information content (AvgIpc) is 2.84. The van der Waals surface area contributed by atoms with E-state index in [2.05, 4.69) is 23.5 Å². The molecule has 90 valence electrons. The van der Waals surface area contributed by atoms with E-state index in [0.717, 1.165) is 26.0 Å². The van der Waals surface area contributed by atoms with Crippen LogP contribution >= 0.6 is 0 Å². The van der Waals surface area contributed by atoms with Crippen LogP contribution in [0.4, 0.5) is 0 Å². The molecule has 1 saturated heterocycles. The lowest BCUT2D eigenvalue weighted by molar-refractivity contribution is 0.0902. The smallest absolute Gasteiger partial charge is 0.0899 e. The Balaban J connectivity index is 2.21. The number of nitrogens with one attached hydrogen (secondary N) is 1. The topological polar surface area (TPSA) is 39.1 Å². The number of nitrogens with zero attached hydrogens (tertiary/aromatic N) is 2. The summed E-state index contributed by atoms with van der Waals surface area (Å²) in [7, 11) is 3.98. The van der Waals surface area contributed by atoms with E-state index in [1.807, 2.05) is 18.8 Å². The fourth-order valence-corrected chi connectivity index (χ4v) is 2.51. The summed E-state index contributed by atoms with van der Waals surface area (Å²) in [6.07, 6.45) is 4.46. The van der Waals surface area contributed by atoms with Gasteiger partial charge in [0.05, 0.1) is 11.8 Å². The Hall–Kier alpha value is -0.870. The van der Waals surface area contributed by atoms with Gasteiger partial charge < -0.3 is 10.1 Å². The summed E-state index contributed by atoms with van der Waals surface area (Å²) in [6.45, 7) is 4.03. The quantitative estimate of drug-likeness (QED) is 0.835. The maximum atomic E-state index is 5.87. The Morgan fingerprint density at radius 2 is 2.44 bits per heavy atom. The van der Waals surface area contributed by atoms with Crippen LogP contribution in [0.25, 0.3) is 0 Å². The molecule has 1 aromatic heterocycles. The molecule has 0 radical (unpaired) electrons. The summed E-state index contributed by atoms with van der Waals surface area (Å²) < 4.78 is 7.76. The molecule has 1 N–H and O–H groups in total. The van der Waals surface area contributed by atoms with Crippen LogP contribution in [0.2, 0.25) is 0 Å². The van der Waals surface area contributed by atoms with Crippen LogP contribution in [0.3, 0.4) is 0 Å². The molecular weight excluding hydrogens is 202 g/mol. The monoisotopic (exact) mass is 223 g/mol. The zero-order chi connectivity index (χ0) is 11.5. The molecule has 0 aromatic carbocycles. The van der Waals surface area contributed by atoms with Gasteiger partial charge in [-0.2, -0.15) is 5.10 Å². The van der Waals surface area contributed by atoms with Gasteiger partial charge in [-0.1, -0.05) is 6.92 Å². The van der Waals surface area contributed by atoms with Crippen molar-refractivity contribution < 1.29 is 4.74 Å². The van der Waals surface area contributed by atoms with E-state index in [9.17, 15) is 0 Å². The zero-order valence-electron chi connectivity index (χ0n) is 10.4. The van der Waals surface area contributed by atoms with Gasteiger partial charge in [0, 0.05) is 37.9 Å². The third kappa shape index (κ3) is 2.13. The molecule has 4 nitrogen and oxygen atoms in total. The standard InChI is InChI=1S/C12H21N3O/c1-4-11-10(8-15(3)14-11)12-9(7-13-2)5-6-16-12/h8-9,12-13H,4-7H2,1-3H3. The lowest BCUT2D eigenvalue weighted by Crippen LogP contribution is -2.21. The van der Waals surface area contributed by atoms with Crippen molar-refractivity contribution >= 4 is 0 Å². The molecule has 1 aliphatic heterocycles. The van der Waals surface area contributed by atoms with Crippen molar-refractivity contribution in [2.24, 2.45) is 13.0 Å². The van der Waals surface area contributed by atoms with Crippen LogP contribution in [-0.4, -0.2) is 30.0 Å². The largest absolute Gasteiger partial charge is 0.373 e. The normalized spacial score (nSPS) is 25.2. The maximum Gasteiger partial charge on any atom is 0.0899 e. The number of hydrogen-bond donors (Lipinski definition) is 1. The third-order valence-electron chi connectivity index (χ3n) is 3.26. The highest BCUT2D eigenvalue weighted by molar-refractivity contribution is 5.21. The maximum absolute atomic E-state index is 5.87. The summed E-state index contributed by atoms with van der Waals surface area (Å²) >= 11 is 0. The Labute approximate surface area is 97.0 Å². The average molecular weight is 223 g/mol. The molecule has 0 aliphatic carbocycles. The molecule has 0 spiro atoms. The Morgan fingerprint density at radius 1 is 1.62 bits per heavy atom. The van der Waals surface area contributed by atoms with E-state index in [-0.39, 0.29) is 6.10 Å². The second-order valence-electron chi connectivity index (χ2n) is 4.46. The van der Waals surface area contributed by atoms with Gasteiger partial charge in [0.25, 0.3) is 0 Å². The predicted octanol–water partition coefficient (Wildman–Crippen LogP) is 1.28. The molecule has 1 aromatic rings. The molecule has 2 heterocycles. The zero-order valence-corrected chi connectivity index (χ0v) is 10.4. The summed E-state index contributed by atoms with van der Waals surface area (Å²) in [4.78, 5) is 0. The second-order valence-corrected chi connectivity index (χ2v) is 4.46. The molecule has 0 amide bonds. The van der Waals surface area contributed by atoms with Gasteiger partial charge in [-0.25, -0.2) is 0 Å². The number of aromatic nitrogens is 2. The molecule has 16 heavy (non-hydrogen) atoms. The highest BCUT2D eigenvalue weighted by Crippen LogP contribution is 2.35. The first kappa shape index (κ1) is 11.6. The van der Waals surface area contributed by atoms with E-state index in [1.165, 1.54) is 11.3 Å². The van der Waals surface area contributed by atoms with Crippen LogP contribution in [-0.2, 0) is 18.2 Å². The molecule has 4 heteroatoms. The fraction of sp³-hybridized carbons (Fsp3) is 0.750. The first-order valence-electron chi connectivity index (χ1n) is 6.04. The van der Waals surface area contributed by atoms with Crippen LogP contribution in [0.15, 0.2) is 6.20 Å². The lowest BCUT2D eigenvalue weighted by atomic mass is 9.95. The molecule has 1 aliphatic rings. The van der Waals surface area contributed by atoms with Gasteiger partial charge in [-0.3, -0.25) is 4.68 Å². The Kier molecular flexibility index (Phi) is 3.61.